The molecule has 1 radical (unpaired) electrons. The van der Waals surface area contributed by atoms with Gasteiger partial charge < -0.3 is 9.47 Å². The fourth-order valence-corrected chi connectivity index (χ4v) is 3.61. The molecule has 0 unspecified atom stereocenters. The second kappa shape index (κ2) is 8.46. The molecule has 0 saturated carbocycles. The molecule has 3 heteroatoms. The Morgan fingerprint density at radius 1 is 0.769 bits per heavy atom. The van der Waals surface area contributed by atoms with E-state index in [-0.39, 0.29) is 38.1 Å². The molecule has 26 heavy (non-hydrogen) atoms. The van der Waals surface area contributed by atoms with Crippen molar-refractivity contribution in [2.75, 3.05) is 14.2 Å². The van der Waals surface area contributed by atoms with Crippen molar-refractivity contribution in [1.29, 1.82) is 0 Å². The summed E-state index contributed by atoms with van der Waals surface area (Å²) in [5, 5.41) is 0. The fraction of sp³-hybridized carbons (Fsp3) is 0.261. The van der Waals surface area contributed by atoms with Gasteiger partial charge in [-0.2, -0.15) is 5.92 Å². The molecule has 133 valence electrons. The van der Waals surface area contributed by atoms with Gasteiger partial charge in [0.1, 0.15) is 0 Å². The first-order valence-corrected chi connectivity index (χ1v) is 8.55. The molecular weight excluding hydrogens is 397 g/mol. The molecule has 0 saturated heterocycles. The first kappa shape index (κ1) is 20.8. The zero-order chi connectivity index (χ0) is 18.0. The number of ether oxygens (including phenoxy) is 2. The third-order valence-corrected chi connectivity index (χ3v) is 5.12. The van der Waals surface area contributed by atoms with E-state index in [1.807, 2.05) is 12.1 Å². The van der Waals surface area contributed by atoms with Crippen LogP contribution in [0.25, 0.3) is 11.1 Å². The van der Waals surface area contributed by atoms with Gasteiger partial charge in [-0.05, 0) is 11.1 Å². The zero-order valence-electron chi connectivity index (χ0n) is 16.2. The minimum atomic E-state index is -0.181. The second-order valence-corrected chi connectivity index (χ2v) is 6.80. The monoisotopic (exact) mass is 422 g/mol. The van der Waals surface area contributed by atoms with Crippen LogP contribution in [0.5, 0.6) is 0 Å². The van der Waals surface area contributed by atoms with Gasteiger partial charge in [0.05, 0.1) is 14.2 Å². The van der Waals surface area contributed by atoms with Gasteiger partial charge >= 0.3 is 0 Å². The molecule has 0 atom stereocenters. The Morgan fingerprint density at radius 3 is 1.73 bits per heavy atom. The van der Waals surface area contributed by atoms with Crippen molar-refractivity contribution in [2.45, 2.75) is 20.8 Å². The molecule has 1 aliphatic carbocycles. The third kappa shape index (κ3) is 3.50. The number of allylic oxidation sites excluding steroid dienone is 3. The average molecular weight is 422 g/mol. The predicted octanol–water partition coefficient (Wildman–Crippen LogP) is 5.73. The molecule has 2 aromatic rings. The van der Waals surface area contributed by atoms with Crippen molar-refractivity contribution in [3.63, 3.8) is 0 Å². The molecule has 0 spiro atoms. The number of hydrogen-bond acceptors (Lipinski definition) is 2. The summed E-state index contributed by atoms with van der Waals surface area (Å²) in [7, 11) is 3.43. The molecule has 0 fully saturated rings. The normalized spacial score (nSPS) is 16.3. The summed E-state index contributed by atoms with van der Waals surface area (Å²) in [5.41, 5.74) is 4.51. The van der Waals surface area contributed by atoms with E-state index in [2.05, 4.69) is 69.3 Å². The van der Waals surface area contributed by atoms with Crippen LogP contribution in [0.4, 0.5) is 0 Å². The fourth-order valence-electron chi connectivity index (χ4n) is 3.61. The van der Waals surface area contributed by atoms with Crippen LogP contribution in [-0.4, -0.2) is 14.2 Å². The van der Waals surface area contributed by atoms with Gasteiger partial charge in [-0.1, -0.05) is 91.1 Å². The van der Waals surface area contributed by atoms with E-state index < -0.39 is 0 Å². The SMILES string of the molecule is COC1=C(OC)[C-](C)C(C)(C)C(c2ccccc2)=C1c1ccccc1.[Y]. The summed E-state index contributed by atoms with van der Waals surface area (Å²) in [5.74, 6) is 2.79. The van der Waals surface area contributed by atoms with Crippen molar-refractivity contribution < 1.29 is 42.2 Å². The molecular formula is C23H25O2Y-. The van der Waals surface area contributed by atoms with E-state index in [4.69, 9.17) is 9.47 Å². The van der Waals surface area contributed by atoms with Crippen LogP contribution in [0, 0.1) is 11.3 Å². The van der Waals surface area contributed by atoms with Gasteiger partial charge in [0.2, 0.25) is 0 Å². The quantitative estimate of drug-likeness (QED) is 0.586. The minimum Gasteiger partial charge on any atom is -0.577 e. The zero-order valence-corrected chi connectivity index (χ0v) is 19.0. The Kier molecular flexibility index (Phi) is 6.77. The second-order valence-electron chi connectivity index (χ2n) is 6.80. The van der Waals surface area contributed by atoms with Crippen LogP contribution in [0.1, 0.15) is 31.9 Å². The summed E-state index contributed by atoms with van der Waals surface area (Å²) in [6.07, 6.45) is 0. The van der Waals surface area contributed by atoms with Gasteiger partial charge in [0.25, 0.3) is 0 Å². The van der Waals surface area contributed by atoms with E-state index in [0.717, 1.165) is 22.7 Å². The van der Waals surface area contributed by atoms with Crippen molar-refractivity contribution in [2.24, 2.45) is 5.41 Å². The smallest absolute Gasteiger partial charge is 0.0731 e. The Balaban J connectivity index is 0.00000243. The van der Waals surface area contributed by atoms with Crippen LogP contribution < -0.4 is 0 Å². The maximum atomic E-state index is 5.85. The minimum absolute atomic E-state index is 0. The van der Waals surface area contributed by atoms with Crippen molar-refractivity contribution in [3.8, 4) is 0 Å². The van der Waals surface area contributed by atoms with Crippen LogP contribution in [0.3, 0.4) is 0 Å². The summed E-state index contributed by atoms with van der Waals surface area (Å²) >= 11 is 0. The molecule has 3 rings (SSSR count). The predicted molar refractivity (Wildman–Crippen MR) is 103 cm³/mol. The van der Waals surface area contributed by atoms with Gasteiger partial charge in [-0.25, -0.2) is 0 Å². The number of hydrogen-bond donors (Lipinski definition) is 0. The Labute approximate surface area is 182 Å². The first-order valence-electron chi connectivity index (χ1n) is 8.55. The van der Waals surface area contributed by atoms with Gasteiger partial charge in [-0.15, -0.1) is 6.92 Å². The summed E-state index contributed by atoms with van der Waals surface area (Å²) in [4.78, 5) is 0. The van der Waals surface area contributed by atoms with Gasteiger partial charge in [0, 0.05) is 44.2 Å². The van der Waals surface area contributed by atoms with Crippen LogP contribution in [0.15, 0.2) is 72.2 Å². The summed E-state index contributed by atoms with van der Waals surface area (Å²) in [6.45, 7) is 6.63. The van der Waals surface area contributed by atoms with E-state index in [0.29, 0.717) is 0 Å². The first-order chi connectivity index (χ1) is 12.0. The number of benzene rings is 2. The molecule has 0 aromatic heterocycles. The third-order valence-electron chi connectivity index (χ3n) is 5.12. The maximum absolute atomic E-state index is 5.85. The standard InChI is InChI=1S/C23H25O2.Y/c1-16-21(24-4)22(25-5)19(17-12-8-6-9-13-17)20(23(16,2)3)18-14-10-7-11-15-18;/h6-15H,1-5H3;/q-1;. The number of methoxy groups -OCH3 is 2. The largest absolute Gasteiger partial charge is 0.577 e. The molecule has 0 bridgehead atoms. The maximum Gasteiger partial charge on any atom is 0.0731 e. The average Bonchev–Trinajstić information content (AvgIpc) is 2.64. The van der Waals surface area contributed by atoms with Gasteiger partial charge in [-0.3, -0.25) is 0 Å². The van der Waals surface area contributed by atoms with Crippen LogP contribution in [0.2, 0.25) is 0 Å². The molecule has 0 aliphatic heterocycles. The Morgan fingerprint density at radius 2 is 1.27 bits per heavy atom. The topological polar surface area (TPSA) is 18.5 Å². The van der Waals surface area contributed by atoms with E-state index in [1.54, 1.807) is 14.2 Å². The van der Waals surface area contributed by atoms with Crippen molar-refractivity contribution >= 4 is 11.1 Å². The van der Waals surface area contributed by atoms with E-state index >= 15 is 0 Å². The summed E-state index contributed by atoms with van der Waals surface area (Å²) < 4.78 is 11.6. The van der Waals surface area contributed by atoms with Crippen molar-refractivity contribution in [3.05, 3.63) is 89.2 Å². The van der Waals surface area contributed by atoms with Gasteiger partial charge in [0.15, 0.2) is 0 Å². The molecule has 2 nitrogen and oxygen atoms in total. The van der Waals surface area contributed by atoms with E-state index in [1.165, 1.54) is 17.1 Å². The molecule has 0 amide bonds. The number of rotatable bonds is 4. The molecule has 2 aromatic carbocycles. The van der Waals surface area contributed by atoms with E-state index in [9.17, 15) is 0 Å². The molecule has 0 heterocycles. The molecule has 1 aliphatic rings. The molecule has 0 N–H and O–H groups in total. The Hall–Kier alpha value is -1.51. The van der Waals surface area contributed by atoms with Crippen LogP contribution >= 0.6 is 0 Å². The van der Waals surface area contributed by atoms with Crippen LogP contribution in [-0.2, 0) is 42.2 Å². The Bertz CT molecular complexity index is 805. The van der Waals surface area contributed by atoms with Crippen molar-refractivity contribution in [1.82, 2.24) is 0 Å². The summed E-state index contributed by atoms with van der Waals surface area (Å²) in [6, 6.07) is 20.9.